The summed E-state index contributed by atoms with van der Waals surface area (Å²) < 4.78 is 12.3. The number of phenols is 2. The van der Waals surface area contributed by atoms with Crippen LogP contribution in [0.2, 0.25) is 0 Å². The van der Waals surface area contributed by atoms with E-state index in [0.29, 0.717) is 24.4 Å². The van der Waals surface area contributed by atoms with E-state index in [0.717, 1.165) is 36.0 Å². The topological polar surface area (TPSA) is 103 Å². The third-order valence-electron chi connectivity index (χ3n) is 7.74. The summed E-state index contributed by atoms with van der Waals surface area (Å²) in [6, 6.07) is 19.3. The third-order valence-corrected chi connectivity index (χ3v) is 7.74. The van der Waals surface area contributed by atoms with Crippen molar-refractivity contribution in [1.82, 2.24) is 9.80 Å². The molecule has 0 aliphatic carbocycles. The lowest BCUT2D eigenvalue weighted by Gasteiger charge is -2.34. The average Bonchev–Trinajstić information content (AvgIpc) is 2.96. The molecule has 0 bridgehead atoms. The number of para-hydroxylation sites is 1. The van der Waals surface area contributed by atoms with Gasteiger partial charge in [-0.1, -0.05) is 48.5 Å². The number of aromatic hydroxyl groups is 2. The van der Waals surface area contributed by atoms with E-state index in [9.17, 15) is 19.8 Å². The number of likely N-dealkylation sites (N-methyl/N-ethyl adjacent to an activating group) is 1. The van der Waals surface area contributed by atoms with Gasteiger partial charge in [-0.25, -0.2) is 0 Å². The monoisotopic (exact) mass is 538 g/mol. The molecule has 8 heteroatoms. The molecule has 3 aromatic carbocycles. The van der Waals surface area contributed by atoms with Crippen LogP contribution >= 0.6 is 0 Å². The van der Waals surface area contributed by atoms with Crippen LogP contribution in [0.25, 0.3) is 28.4 Å². The minimum Gasteiger partial charge on any atom is -0.507 e. The fourth-order valence-corrected chi connectivity index (χ4v) is 5.52. The van der Waals surface area contributed by atoms with E-state index in [1.54, 1.807) is 0 Å². The molecule has 40 heavy (non-hydrogen) atoms. The molecular formula is C32H30N2O6. The standard InChI is InChI=1S/C32H30N2O6/c1-33-11-13-34(14-12-33)29(38)16-23(22-15-21-9-5-6-10-27(21)39-19-22)30-24(35)17-25(36)31-26(37)18-28(40-32(30)31)20-7-3-2-4-8-20/h2-10,15,17-18,23,35-36H,11-14,16,19H2,1H3/t23-/m0/s1. The number of ether oxygens (including phenoxy) is 1. The molecule has 1 fully saturated rings. The Morgan fingerprint density at radius 1 is 0.950 bits per heavy atom. The summed E-state index contributed by atoms with van der Waals surface area (Å²) in [5, 5.41) is 21.9. The highest BCUT2D eigenvalue weighted by atomic mass is 16.5. The van der Waals surface area contributed by atoms with Crippen LogP contribution in [0, 0.1) is 0 Å². The molecular weight excluding hydrogens is 508 g/mol. The lowest BCUT2D eigenvalue weighted by atomic mass is 9.84. The Labute approximate surface area is 231 Å². The second-order valence-corrected chi connectivity index (χ2v) is 10.4. The molecule has 0 radical (unpaired) electrons. The number of carbonyl (C=O) groups excluding carboxylic acids is 1. The van der Waals surface area contributed by atoms with Gasteiger partial charge in [0.15, 0.2) is 5.43 Å². The molecule has 204 valence electrons. The number of nitrogens with zero attached hydrogens (tertiary/aromatic N) is 2. The fraction of sp³-hybridized carbons (Fsp3) is 0.250. The van der Waals surface area contributed by atoms with Crippen LogP contribution < -0.4 is 10.2 Å². The average molecular weight is 539 g/mol. The molecule has 1 saturated heterocycles. The number of fused-ring (bicyclic) bond motifs is 2. The smallest absolute Gasteiger partial charge is 0.223 e. The zero-order chi connectivity index (χ0) is 27.8. The lowest BCUT2D eigenvalue weighted by Crippen LogP contribution is -2.47. The van der Waals surface area contributed by atoms with Gasteiger partial charge in [0, 0.05) is 67.3 Å². The van der Waals surface area contributed by atoms with E-state index in [4.69, 9.17) is 9.15 Å². The van der Waals surface area contributed by atoms with Gasteiger partial charge in [0.2, 0.25) is 5.91 Å². The first-order valence-corrected chi connectivity index (χ1v) is 13.4. The molecule has 0 spiro atoms. The molecule has 8 nitrogen and oxygen atoms in total. The van der Waals surface area contributed by atoms with Crippen molar-refractivity contribution in [1.29, 1.82) is 0 Å². The van der Waals surface area contributed by atoms with Crippen LogP contribution in [-0.4, -0.2) is 65.8 Å². The SMILES string of the molecule is CN1CCN(C(=O)C[C@@H](C2=Cc3ccccc3OC2)c2c(O)cc(O)c3c(=O)cc(-c4ccccc4)oc23)CC1. The first-order valence-electron chi connectivity index (χ1n) is 13.4. The number of carbonyl (C=O) groups is 1. The summed E-state index contributed by atoms with van der Waals surface area (Å²) in [7, 11) is 2.03. The second kappa shape index (κ2) is 10.5. The molecule has 6 rings (SSSR count). The molecule has 1 atom stereocenters. The van der Waals surface area contributed by atoms with Crippen molar-refractivity contribution in [3.8, 4) is 28.6 Å². The maximum absolute atomic E-state index is 13.7. The van der Waals surface area contributed by atoms with Crippen LogP contribution in [-0.2, 0) is 4.79 Å². The van der Waals surface area contributed by atoms with Gasteiger partial charge in [0.1, 0.15) is 40.6 Å². The number of hydrogen-bond acceptors (Lipinski definition) is 7. The summed E-state index contributed by atoms with van der Waals surface area (Å²) in [6.45, 7) is 2.96. The maximum Gasteiger partial charge on any atom is 0.223 e. The summed E-state index contributed by atoms with van der Waals surface area (Å²) in [5.41, 5.74) is 2.18. The molecule has 1 amide bonds. The van der Waals surface area contributed by atoms with Crippen molar-refractivity contribution in [3.05, 3.63) is 93.7 Å². The fourth-order valence-electron chi connectivity index (χ4n) is 5.52. The van der Waals surface area contributed by atoms with E-state index in [1.165, 1.54) is 6.07 Å². The zero-order valence-electron chi connectivity index (χ0n) is 22.2. The van der Waals surface area contributed by atoms with Gasteiger partial charge >= 0.3 is 0 Å². The second-order valence-electron chi connectivity index (χ2n) is 10.4. The molecule has 0 saturated carbocycles. The van der Waals surface area contributed by atoms with E-state index < -0.39 is 11.3 Å². The number of hydrogen-bond donors (Lipinski definition) is 2. The normalized spacial score (nSPS) is 16.2. The van der Waals surface area contributed by atoms with Gasteiger partial charge in [-0.3, -0.25) is 9.59 Å². The van der Waals surface area contributed by atoms with Crippen molar-refractivity contribution >= 4 is 23.0 Å². The first-order chi connectivity index (χ1) is 19.4. The molecule has 1 aromatic heterocycles. The van der Waals surface area contributed by atoms with E-state index >= 15 is 0 Å². The lowest BCUT2D eigenvalue weighted by molar-refractivity contribution is -0.133. The van der Waals surface area contributed by atoms with Crippen molar-refractivity contribution in [3.63, 3.8) is 0 Å². The van der Waals surface area contributed by atoms with Crippen molar-refractivity contribution in [2.24, 2.45) is 0 Å². The van der Waals surface area contributed by atoms with Crippen LogP contribution in [0.4, 0.5) is 0 Å². The number of phenolic OH excluding ortho intramolecular Hbond substituents is 2. The van der Waals surface area contributed by atoms with Crippen LogP contribution in [0.5, 0.6) is 17.2 Å². The van der Waals surface area contributed by atoms with Crippen molar-refractivity contribution in [2.45, 2.75) is 12.3 Å². The Hall–Kier alpha value is -4.56. The largest absolute Gasteiger partial charge is 0.507 e. The Morgan fingerprint density at radius 2 is 1.68 bits per heavy atom. The van der Waals surface area contributed by atoms with Crippen LogP contribution in [0.3, 0.4) is 0 Å². The summed E-state index contributed by atoms with van der Waals surface area (Å²) in [5.74, 6) is -0.346. The van der Waals surface area contributed by atoms with Gasteiger partial charge in [0.05, 0.1) is 0 Å². The number of piperazine rings is 1. The highest BCUT2D eigenvalue weighted by Crippen LogP contribution is 2.45. The summed E-state index contributed by atoms with van der Waals surface area (Å²) >= 11 is 0. The quantitative estimate of drug-likeness (QED) is 0.383. The van der Waals surface area contributed by atoms with Crippen molar-refractivity contribution < 1.29 is 24.2 Å². The zero-order valence-corrected chi connectivity index (χ0v) is 22.2. The minimum absolute atomic E-state index is 0.0355. The van der Waals surface area contributed by atoms with Crippen molar-refractivity contribution in [2.75, 3.05) is 39.8 Å². The van der Waals surface area contributed by atoms with Gasteiger partial charge < -0.3 is 29.2 Å². The highest BCUT2D eigenvalue weighted by molar-refractivity contribution is 5.91. The molecule has 2 N–H and O–H groups in total. The predicted octanol–water partition coefficient (Wildman–Crippen LogP) is 4.59. The number of rotatable bonds is 5. The Balaban J connectivity index is 1.53. The molecule has 3 heterocycles. The van der Waals surface area contributed by atoms with Gasteiger partial charge in [-0.15, -0.1) is 0 Å². The molecule has 0 unspecified atom stereocenters. The summed E-state index contributed by atoms with van der Waals surface area (Å²) in [4.78, 5) is 31.0. The highest BCUT2D eigenvalue weighted by Gasteiger charge is 2.32. The van der Waals surface area contributed by atoms with E-state index in [1.807, 2.05) is 72.6 Å². The molecule has 4 aromatic rings. The first kappa shape index (κ1) is 25.7. The number of amides is 1. The summed E-state index contributed by atoms with van der Waals surface area (Å²) in [6.07, 6.45) is 2.01. The number of benzene rings is 3. The Bertz CT molecular complexity index is 1670. The van der Waals surface area contributed by atoms with E-state index in [-0.39, 0.29) is 47.0 Å². The van der Waals surface area contributed by atoms with E-state index in [2.05, 4.69) is 4.90 Å². The Morgan fingerprint density at radius 3 is 2.45 bits per heavy atom. The molecule has 2 aliphatic heterocycles. The maximum atomic E-state index is 13.7. The van der Waals surface area contributed by atoms with Gasteiger partial charge in [-0.05, 0) is 24.8 Å². The van der Waals surface area contributed by atoms with Gasteiger partial charge in [0.25, 0.3) is 0 Å². The Kier molecular flexibility index (Phi) is 6.77. The minimum atomic E-state index is -0.669. The van der Waals surface area contributed by atoms with Crippen LogP contribution in [0.1, 0.15) is 23.5 Å². The third kappa shape index (κ3) is 4.82. The predicted molar refractivity (Wildman–Crippen MR) is 153 cm³/mol. The van der Waals surface area contributed by atoms with Crippen LogP contribution in [0.15, 0.2) is 81.5 Å². The molecule has 2 aliphatic rings. The van der Waals surface area contributed by atoms with Gasteiger partial charge in [-0.2, -0.15) is 0 Å².